The van der Waals surface area contributed by atoms with E-state index in [1.165, 1.54) is 10.4 Å². The molecule has 1 heterocycles. The van der Waals surface area contributed by atoms with Crippen LogP contribution < -0.4 is 10.6 Å². The zero-order valence-corrected chi connectivity index (χ0v) is 14.4. The predicted octanol–water partition coefficient (Wildman–Crippen LogP) is 4.54. The SMILES string of the molecule is CCCC(=O)Nc1ccc(CNCc2cc(Br)cs2)cc1. The van der Waals surface area contributed by atoms with Crippen LogP contribution in [0.3, 0.4) is 0 Å². The van der Waals surface area contributed by atoms with Crippen LogP contribution in [0.15, 0.2) is 40.2 Å². The fourth-order valence-electron chi connectivity index (χ4n) is 1.93. The van der Waals surface area contributed by atoms with Gasteiger partial charge in [-0.25, -0.2) is 0 Å². The van der Waals surface area contributed by atoms with Crippen LogP contribution >= 0.6 is 27.3 Å². The third kappa shape index (κ3) is 5.61. The van der Waals surface area contributed by atoms with Crippen LogP contribution in [0.2, 0.25) is 0 Å². The van der Waals surface area contributed by atoms with E-state index in [1.54, 1.807) is 11.3 Å². The summed E-state index contributed by atoms with van der Waals surface area (Å²) in [6.07, 6.45) is 1.44. The minimum atomic E-state index is 0.0756. The van der Waals surface area contributed by atoms with Crippen molar-refractivity contribution < 1.29 is 4.79 Å². The normalized spacial score (nSPS) is 10.6. The Kier molecular flexibility index (Phi) is 6.42. The average molecular weight is 367 g/mol. The standard InChI is InChI=1S/C16H19BrN2OS/c1-2-3-16(20)19-14-6-4-12(5-7-14)9-18-10-15-8-13(17)11-21-15/h4-8,11,18H,2-3,9-10H2,1H3,(H,19,20). The first-order chi connectivity index (χ1) is 10.2. The van der Waals surface area contributed by atoms with Gasteiger partial charge >= 0.3 is 0 Å². The van der Waals surface area contributed by atoms with E-state index in [9.17, 15) is 4.79 Å². The van der Waals surface area contributed by atoms with Crippen molar-refractivity contribution in [1.29, 1.82) is 0 Å². The molecule has 1 amide bonds. The number of halogens is 1. The number of carbonyl (C=O) groups is 1. The number of hydrogen-bond donors (Lipinski definition) is 2. The molecule has 1 aromatic carbocycles. The Morgan fingerprint density at radius 2 is 2.00 bits per heavy atom. The minimum Gasteiger partial charge on any atom is -0.326 e. The van der Waals surface area contributed by atoms with Gasteiger partial charge < -0.3 is 10.6 Å². The molecule has 21 heavy (non-hydrogen) atoms. The second-order valence-electron chi connectivity index (χ2n) is 4.83. The van der Waals surface area contributed by atoms with Gasteiger partial charge in [-0.2, -0.15) is 0 Å². The Hall–Kier alpha value is -1.17. The van der Waals surface area contributed by atoms with Crippen molar-refractivity contribution in [3.05, 3.63) is 50.6 Å². The zero-order valence-electron chi connectivity index (χ0n) is 12.0. The van der Waals surface area contributed by atoms with Gasteiger partial charge in [0.2, 0.25) is 5.91 Å². The molecule has 0 saturated heterocycles. The van der Waals surface area contributed by atoms with Crippen LogP contribution in [0.4, 0.5) is 5.69 Å². The highest BCUT2D eigenvalue weighted by molar-refractivity contribution is 9.10. The highest BCUT2D eigenvalue weighted by atomic mass is 79.9. The molecule has 0 bridgehead atoms. The molecule has 0 saturated carbocycles. The van der Waals surface area contributed by atoms with Crippen molar-refractivity contribution in [1.82, 2.24) is 5.32 Å². The Morgan fingerprint density at radius 1 is 1.24 bits per heavy atom. The maximum atomic E-state index is 11.5. The molecule has 112 valence electrons. The molecular weight excluding hydrogens is 348 g/mol. The lowest BCUT2D eigenvalue weighted by molar-refractivity contribution is -0.116. The molecule has 1 aromatic heterocycles. The van der Waals surface area contributed by atoms with Crippen LogP contribution in [0.25, 0.3) is 0 Å². The van der Waals surface area contributed by atoms with E-state index in [0.29, 0.717) is 6.42 Å². The molecule has 0 aliphatic rings. The van der Waals surface area contributed by atoms with E-state index in [4.69, 9.17) is 0 Å². The van der Waals surface area contributed by atoms with E-state index in [2.05, 4.69) is 38.0 Å². The Labute approximate surface area is 137 Å². The van der Waals surface area contributed by atoms with Crippen molar-refractivity contribution in [2.75, 3.05) is 5.32 Å². The lowest BCUT2D eigenvalue weighted by atomic mass is 10.2. The first kappa shape index (κ1) is 16.2. The van der Waals surface area contributed by atoms with Gasteiger partial charge in [0.25, 0.3) is 0 Å². The van der Waals surface area contributed by atoms with Crippen LogP contribution in [0.5, 0.6) is 0 Å². The summed E-state index contributed by atoms with van der Waals surface area (Å²) in [6.45, 7) is 3.68. The topological polar surface area (TPSA) is 41.1 Å². The second kappa shape index (κ2) is 8.32. The summed E-state index contributed by atoms with van der Waals surface area (Å²) >= 11 is 5.20. The van der Waals surface area contributed by atoms with Gasteiger partial charge in [-0.1, -0.05) is 19.1 Å². The summed E-state index contributed by atoms with van der Waals surface area (Å²) in [5.74, 6) is 0.0756. The van der Waals surface area contributed by atoms with E-state index in [0.717, 1.165) is 29.7 Å². The van der Waals surface area contributed by atoms with Gasteiger partial charge in [-0.05, 0) is 46.1 Å². The maximum absolute atomic E-state index is 11.5. The van der Waals surface area contributed by atoms with Crippen molar-refractivity contribution in [2.45, 2.75) is 32.9 Å². The van der Waals surface area contributed by atoms with Crippen molar-refractivity contribution in [2.24, 2.45) is 0 Å². The summed E-state index contributed by atoms with van der Waals surface area (Å²) in [7, 11) is 0. The summed E-state index contributed by atoms with van der Waals surface area (Å²) < 4.78 is 1.14. The number of thiophene rings is 1. The number of hydrogen-bond acceptors (Lipinski definition) is 3. The highest BCUT2D eigenvalue weighted by Crippen LogP contribution is 2.19. The second-order valence-corrected chi connectivity index (χ2v) is 6.74. The molecule has 0 unspecified atom stereocenters. The van der Waals surface area contributed by atoms with Crippen LogP contribution in [0, 0.1) is 0 Å². The van der Waals surface area contributed by atoms with Gasteiger partial charge in [-0.15, -0.1) is 11.3 Å². The van der Waals surface area contributed by atoms with Gasteiger partial charge in [0.15, 0.2) is 0 Å². The lowest BCUT2D eigenvalue weighted by Crippen LogP contribution is -2.12. The number of benzene rings is 1. The number of anilines is 1. The quantitative estimate of drug-likeness (QED) is 0.755. The third-order valence-electron chi connectivity index (χ3n) is 2.96. The smallest absolute Gasteiger partial charge is 0.224 e. The highest BCUT2D eigenvalue weighted by Gasteiger charge is 2.01. The molecule has 5 heteroatoms. The first-order valence-corrected chi connectivity index (χ1v) is 8.67. The van der Waals surface area contributed by atoms with Crippen molar-refractivity contribution >= 4 is 38.9 Å². The van der Waals surface area contributed by atoms with Gasteiger partial charge in [-0.3, -0.25) is 4.79 Å². The molecule has 2 rings (SSSR count). The molecule has 0 aliphatic carbocycles. The Balaban J connectivity index is 1.78. The number of nitrogens with one attached hydrogen (secondary N) is 2. The third-order valence-corrected chi connectivity index (χ3v) is 4.66. The first-order valence-electron chi connectivity index (χ1n) is 7.00. The molecule has 0 spiro atoms. The number of amides is 1. The summed E-state index contributed by atoms with van der Waals surface area (Å²) in [5, 5.41) is 8.39. The Bertz CT molecular complexity index is 580. The molecule has 2 N–H and O–H groups in total. The molecule has 0 atom stereocenters. The number of carbonyl (C=O) groups excluding carboxylic acids is 1. The predicted molar refractivity (Wildman–Crippen MR) is 92.5 cm³/mol. The van der Waals surface area contributed by atoms with E-state index in [1.807, 2.05) is 31.2 Å². The molecular formula is C16H19BrN2OS. The molecule has 3 nitrogen and oxygen atoms in total. The molecule has 0 radical (unpaired) electrons. The van der Waals surface area contributed by atoms with E-state index in [-0.39, 0.29) is 5.91 Å². The van der Waals surface area contributed by atoms with E-state index >= 15 is 0 Å². The summed E-state index contributed by atoms with van der Waals surface area (Å²) in [4.78, 5) is 12.8. The van der Waals surface area contributed by atoms with Gasteiger partial charge in [0.1, 0.15) is 0 Å². The van der Waals surface area contributed by atoms with Crippen LogP contribution in [-0.4, -0.2) is 5.91 Å². The average Bonchev–Trinajstić information content (AvgIpc) is 2.87. The minimum absolute atomic E-state index is 0.0756. The van der Waals surface area contributed by atoms with E-state index < -0.39 is 0 Å². The zero-order chi connectivity index (χ0) is 15.1. The Morgan fingerprint density at radius 3 is 2.62 bits per heavy atom. The number of rotatable bonds is 7. The van der Waals surface area contributed by atoms with Crippen LogP contribution in [-0.2, 0) is 17.9 Å². The fourth-order valence-corrected chi connectivity index (χ4v) is 3.35. The fraction of sp³-hybridized carbons (Fsp3) is 0.312. The molecule has 0 fully saturated rings. The lowest BCUT2D eigenvalue weighted by Gasteiger charge is -2.07. The molecule has 2 aromatic rings. The monoisotopic (exact) mass is 366 g/mol. The summed E-state index contributed by atoms with van der Waals surface area (Å²) in [5.41, 5.74) is 2.07. The maximum Gasteiger partial charge on any atom is 0.224 e. The van der Waals surface area contributed by atoms with Crippen LogP contribution in [0.1, 0.15) is 30.2 Å². The van der Waals surface area contributed by atoms with Crippen molar-refractivity contribution in [3.8, 4) is 0 Å². The van der Waals surface area contributed by atoms with Gasteiger partial charge in [0.05, 0.1) is 0 Å². The van der Waals surface area contributed by atoms with Gasteiger partial charge in [0, 0.05) is 39.9 Å². The largest absolute Gasteiger partial charge is 0.326 e. The molecule has 0 aliphatic heterocycles. The summed E-state index contributed by atoms with van der Waals surface area (Å²) in [6, 6.07) is 10.1. The van der Waals surface area contributed by atoms with Crippen molar-refractivity contribution in [3.63, 3.8) is 0 Å².